The number of rotatable bonds is 5. The fraction of sp³-hybridized carbons (Fsp3) is 1.00. The van der Waals surface area contributed by atoms with Gasteiger partial charge in [0.1, 0.15) is 0 Å². The minimum absolute atomic E-state index is 0.000417. The van der Waals surface area contributed by atoms with Crippen LogP contribution in [0.2, 0.25) is 0 Å². The van der Waals surface area contributed by atoms with Crippen molar-refractivity contribution in [2.24, 2.45) is 15.3 Å². The zero-order valence-corrected chi connectivity index (χ0v) is 6.02. The lowest BCUT2D eigenvalue weighted by Gasteiger charge is -1.99. The Labute approximate surface area is 66.9 Å². The van der Waals surface area contributed by atoms with Gasteiger partial charge >= 0.3 is 0 Å². The molecule has 0 saturated heterocycles. The highest BCUT2D eigenvalue weighted by atomic mass is 15.2. The van der Waals surface area contributed by atoms with Crippen molar-refractivity contribution in [3.63, 3.8) is 0 Å². The summed E-state index contributed by atoms with van der Waals surface area (Å²) < 4.78 is 0. The maximum absolute atomic E-state index is 8.02. The van der Waals surface area contributed by atoms with E-state index in [-0.39, 0.29) is 13.1 Å². The van der Waals surface area contributed by atoms with Gasteiger partial charge in [-0.3, -0.25) is 0 Å². The van der Waals surface area contributed by atoms with E-state index in [2.05, 4.69) is 30.1 Å². The molecule has 9 heteroatoms. The molecule has 0 spiro atoms. The maximum atomic E-state index is 8.02. The zero-order valence-electron chi connectivity index (χ0n) is 6.02. The van der Waals surface area contributed by atoms with Gasteiger partial charge in [-0.25, -0.2) is 0 Å². The number of azide groups is 3. The van der Waals surface area contributed by atoms with Crippen LogP contribution in [0.1, 0.15) is 0 Å². The van der Waals surface area contributed by atoms with Crippen molar-refractivity contribution in [2.45, 2.75) is 6.04 Å². The second-order valence-corrected chi connectivity index (χ2v) is 1.69. The summed E-state index contributed by atoms with van der Waals surface area (Å²) in [5, 5.41) is 9.60. The van der Waals surface area contributed by atoms with Crippen molar-refractivity contribution in [3.05, 3.63) is 31.3 Å². The van der Waals surface area contributed by atoms with Crippen molar-refractivity contribution in [1.82, 2.24) is 0 Å². The van der Waals surface area contributed by atoms with E-state index in [0.29, 0.717) is 0 Å². The molecule has 9 nitrogen and oxygen atoms in total. The van der Waals surface area contributed by atoms with Gasteiger partial charge in [0.25, 0.3) is 0 Å². The van der Waals surface area contributed by atoms with Gasteiger partial charge in [-0.1, -0.05) is 15.3 Å². The smallest absolute Gasteiger partial charge is 0.0485 e. The molecule has 0 unspecified atom stereocenters. The molecule has 0 radical (unpaired) electrons. The fourth-order valence-corrected chi connectivity index (χ4v) is 0.465. The first-order chi connectivity index (χ1) is 5.85. The van der Waals surface area contributed by atoms with Crippen molar-refractivity contribution in [1.29, 1.82) is 0 Å². The van der Waals surface area contributed by atoms with Crippen molar-refractivity contribution >= 4 is 0 Å². The average Bonchev–Trinajstić information content (AvgIpc) is 2.10. The van der Waals surface area contributed by atoms with Crippen LogP contribution < -0.4 is 0 Å². The van der Waals surface area contributed by atoms with Gasteiger partial charge in [-0.15, -0.1) is 0 Å². The molecule has 0 rings (SSSR count). The molecule has 62 valence electrons. The molecule has 0 amide bonds. The molecule has 0 aliphatic carbocycles. The highest BCUT2D eigenvalue weighted by molar-refractivity contribution is 4.72. The Morgan fingerprint density at radius 2 is 1.42 bits per heavy atom. The van der Waals surface area contributed by atoms with E-state index in [1.807, 2.05) is 0 Å². The van der Waals surface area contributed by atoms with Gasteiger partial charge in [-0.05, 0) is 16.6 Å². The van der Waals surface area contributed by atoms with Crippen LogP contribution in [0.5, 0.6) is 0 Å². The molecule has 0 fully saturated rings. The Morgan fingerprint density at radius 1 is 0.917 bits per heavy atom. The predicted molar refractivity (Wildman–Crippen MR) is 41.0 cm³/mol. The lowest BCUT2D eigenvalue weighted by molar-refractivity contribution is 0.682. The van der Waals surface area contributed by atoms with Crippen LogP contribution in [0.3, 0.4) is 0 Å². The molecule has 0 aromatic rings. The van der Waals surface area contributed by atoms with E-state index in [1.54, 1.807) is 0 Å². The Kier molecular flexibility index (Phi) is 5.83. The van der Waals surface area contributed by atoms with Gasteiger partial charge in [-0.2, -0.15) is 0 Å². The molecule has 0 saturated carbocycles. The van der Waals surface area contributed by atoms with Crippen LogP contribution in [0, 0.1) is 0 Å². The summed E-state index contributed by atoms with van der Waals surface area (Å²) in [6.45, 7) is -0.000833. The molecule has 0 N–H and O–H groups in total. The summed E-state index contributed by atoms with van der Waals surface area (Å²) in [6, 6.07) is -0.596. The van der Waals surface area contributed by atoms with Gasteiger partial charge < -0.3 is 0 Å². The van der Waals surface area contributed by atoms with Crippen molar-refractivity contribution in [2.75, 3.05) is 13.1 Å². The second kappa shape index (κ2) is 7.04. The first kappa shape index (κ1) is 9.93. The summed E-state index contributed by atoms with van der Waals surface area (Å²) in [4.78, 5) is 7.45. The highest BCUT2D eigenvalue weighted by Crippen LogP contribution is 1.94. The standard InChI is InChI=1S/C3H5N9/c4-10-7-1-3(9-12-6)2-8-11-5/h3H,1-2H2. The largest absolute Gasteiger partial charge is 0.0936 e. The van der Waals surface area contributed by atoms with Crippen LogP contribution in [-0.2, 0) is 0 Å². The number of hydrogen-bond acceptors (Lipinski definition) is 3. The summed E-state index contributed by atoms with van der Waals surface area (Å²) in [6.07, 6.45) is 0. The molecule has 0 aromatic carbocycles. The normalized spacial score (nSPS) is 10.0. The summed E-state index contributed by atoms with van der Waals surface area (Å²) in [5.41, 5.74) is 23.9. The average molecular weight is 167 g/mol. The van der Waals surface area contributed by atoms with E-state index < -0.39 is 6.04 Å². The van der Waals surface area contributed by atoms with Gasteiger partial charge in [0.2, 0.25) is 0 Å². The number of hydrogen-bond donors (Lipinski definition) is 0. The fourth-order valence-electron chi connectivity index (χ4n) is 0.465. The molecule has 0 heterocycles. The van der Waals surface area contributed by atoms with E-state index in [9.17, 15) is 0 Å². The minimum Gasteiger partial charge on any atom is -0.0936 e. The summed E-state index contributed by atoms with van der Waals surface area (Å²) >= 11 is 0. The molecular formula is C3H5N9. The minimum atomic E-state index is -0.596. The quantitative estimate of drug-likeness (QED) is 0.335. The van der Waals surface area contributed by atoms with E-state index in [1.165, 1.54) is 0 Å². The van der Waals surface area contributed by atoms with E-state index in [0.717, 1.165) is 0 Å². The van der Waals surface area contributed by atoms with E-state index in [4.69, 9.17) is 16.6 Å². The third-order valence-electron chi connectivity index (χ3n) is 0.926. The van der Waals surface area contributed by atoms with Gasteiger partial charge in [0.15, 0.2) is 0 Å². The first-order valence-electron chi connectivity index (χ1n) is 2.91. The van der Waals surface area contributed by atoms with Gasteiger partial charge in [0, 0.05) is 33.9 Å². The third kappa shape index (κ3) is 4.78. The third-order valence-corrected chi connectivity index (χ3v) is 0.926. The zero-order chi connectivity index (χ0) is 9.23. The van der Waals surface area contributed by atoms with Crippen molar-refractivity contribution < 1.29 is 0 Å². The molecule has 0 bridgehead atoms. The Morgan fingerprint density at radius 3 is 1.75 bits per heavy atom. The van der Waals surface area contributed by atoms with Crippen LogP contribution in [0.15, 0.2) is 15.3 Å². The predicted octanol–water partition coefficient (Wildman–Crippen LogP) is 2.29. The molecule has 0 aliphatic rings. The van der Waals surface area contributed by atoms with Crippen LogP contribution in [0.4, 0.5) is 0 Å². The molecule has 0 aromatic heterocycles. The van der Waals surface area contributed by atoms with Crippen LogP contribution >= 0.6 is 0 Å². The van der Waals surface area contributed by atoms with Crippen LogP contribution in [0.25, 0.3) is 31.3 Å². The summed E-state index contributed by atoms with van der Waals surface area (Å²) in [5.74, 6) is 0. The topological polar surface area (TPSA) is 146 Å². The van der Waals surface area contributed by atoms with Crippen LogP contribution in [-0.4, -0.2) is 19.1 Å². The lowest BCUT2D eigenvalue weighted by atomic mass is 10.3. The van der Waals surface area contributed by atoms with Crippen molar-refractivity contribution in [3.8, 4) is 0 Å². The molecule has 0 atom stereocenters. The first-order valence-corrected chi connectivity index (χ1v) is 2.91. The second-order valence-electron chi connectivity index (χ2n) is 1.69. The monoisotopic (exact) mass is 167 g/mol. The van der Waals surface area contributed by atoms with Gasteiger partial charge in [0.05, 0.1) is 0 Å². The number of nitrogens with zero attached hydrogens (tertiary/aromatic N) is 9. The lowest BCUT2D eigenvalue weighted by Crippen LogP contribution is -2.10. The summed E-state index contributed by atoms with van der Waals surface area (Å²) in [7, 11) is 0. The maximum Gasteiger partial charge on any atom is 0.0485 e. The molecule has 0 aliphatic heterocycles. The van der Waals surface area contributed by atoms with E-state index >= 15 is 0 Å². The Hall–Kier alpha value is -2.07. The Bertz CT molecular complexity index is 241. The SMILES string of the molecule is [N-]=[N+]=NCC(CN=[N+]=[N-])N=[N+]=[N-]. The highest BCUT2D eigenvalue weighted by Gasteiger charge is 2.01. The Balaban J connectivity index is 4.10. The molecular weight excluding hydrogens is 162 g/mol. The molecule has 12 heavy (non-hydrogen) atoms.